The minimum atomic E-state index is -0.310. The molecule has 9 aliphatic rings. The van der Waals surface area contributed by atoms with Crippen molar-refractivity contribution >= 4 is 136 Å². The lowest BCUT2D eigenvalue weighted by atomic mass is 10.1. The van der Waals surface area contributed by atoms with E-state index in [1.807, 2.05) is 30.0 Å². The van der Waals surface area contributed by atoms with Crippen molar-refractivity contribution in [3.8, 4) is 53.5 Å². The Bertz CT molecular complexity index is 4880. The van der Waals surface area contributed by atoms with Gasteiger partial charge in [-0.3, -0.25) is 29.1 Å². The summed E-state index contributed by atoms with van der Waals surface area (Å²) in [6.45, 7) is 24.0. The van der Waals surface area contributed by atoms with Crippen LogP contribution in [0.4, 0.5) is 17.5 Å². The van der Waals surface area contributed by atoms with E-state index in [0.29, 0.717) is 189 Å². The van der Waals surface area contributed by atoms with Gasteiger partial charge in [-0.05, 0) is 170 Å². The summed E-state index contributed by atoms with van der Waals surface area (Å²) < 4.78 is 24.2. The number of carbonyl (C=O) groups is 3. The zero-order valence-electron chi connectivity index (χ0n) is 70.0. The van der Waals surface area contributed by atoms with Gasteiger partial charge in [0, 0.05) is 168 Å². The van der Waals surface area contributed by atoms with E-state index in [-0.39, 0.29) is 96.9 Å². The molecule has 126 heavy (non-hydrogen) atoms. The highest BCUT2D eigenvalue weighted by Gasteiger charge is 2.40. The number of nitrogens with zero attached hydrogens (tertiary/aromatic N) is 21. The fourth-order valence-corrected chi connectivity index (χ4v) is 18.2. The maximum atomic E-state index is 12.8. The molecule has 6 saturated heterocycles. The third kappa shape index (κ3) is 26.2. The zero-order valence-corrected chi connectivity index (χ0v) is 78.6. The number of amides is 3. The Morgan fingerprint density at radius 3 is 1.12 bits per heavy atom. The molecule has 7 atom stereocenters. The summed E-state index contributed by atoms with van der Waals surface area (Å²) in [5.41, 5.74) is 8.47. The number of phenols is 2. The Morgan fingerprint density at radius 1 is 0.500 bits per heavy atom. The number of aromatic hydroxyl groups is 2. The van der Waals surface area contributed by atoms with E-state index in [1.54, 1.807) is 53.3 Å². The van der Waals surface area contributed by atoms with E-state index < -0.39 is 0 Å². The number of fused-ring (bicyclic) bond motifs is 3. The number of anilines is 3. The maximum Gasteiger partial charge on any atom is 0.369 e. The van der Waals surface area contributed by atoms with Crippen LogP contribution >= 0.6 is 98.0 Å². The third-order valence-electron chi connectivity index (χ3n) is 24.0. The van der Waals surface area contributed by atoms with Crippen molar-refractivity contribution in [2.75, 3.05) is 141 Å². The molecule has 38 heteroatoms. The zero-order chi connectivity index (χ0) is 87.7. The number of alkyl halides is 1. The number of likely N-dealkylation sites (N-methyl/N-ethyl adjacent to an activating group) is 3. The minimum absolute atomic E-state index is 0. The number of halogens is 7. The van der Waals surface area contributed by atoms with Crippen molar-refractivity contribution in [3.05, 3.63) is 145 Å². The molecule has 3 amide bonds. The van der Waals surface area contributed by atoms with E-state index in [0.717, 1.165) is 132 Å². The number of hydrogen-bond acceptors (Lipinski definition) is 27. The second-order valence-corrected chi connectivity index (χ2v) is 41.3. The van der Waals surface area contributed by atoms with Crippen LogP contribution in [-0.4, -0.2) is 273 Å². The van der Waals surface area contributed by atoms with Crippen molar-refractivity contribution in [1.82, 2.24) is 74.0 Å². The van der Waals surface area contributed by atoms with Gasteiger partial charge in [0.1, 0.15) is 54.5 Å². The van der Waals surface area contributed by atoms with Crippen LogP contribution in [0, 0.1) is 34.0 Å². The number of hydrogen-bond donors (Lipinski definition) is 2. The summed E-state index contributed by atoms with van der Waals surface area (Å²) in [6, 6.07) is 23.7. The van der Waals surface area contributed by atoms with Gasteiger partial charge in [0.2, 0.25) is 17.7 Å². The molecule has 680 valence electrons. The topological polar surface area (TPSA) is 316 Å². The van der Waals surface area contributed by atoms with Gasteiger partial charge in [-0.25, -0.2) is 0 Å². The minimum Gasteiger partial charge on any atom is -0.508 e. The van der Waals surface area contributed by atoms with E-state index in [9.17, 15) is 40.4 Å². The lowest BCUT2D eigenvalue weighted by Gasteiger charge is -2.42. The van der Waals surface area contributed by atoms with E-state index in [4.69, 9.17) is 83.7 Å². The number of nitriles is 3. The fraction of sp³-hybridized carbons (Fsp3) is 0.545. The van der Waals surface area contributed by atoms with E-state index in [1.165, 1.54) is 12.2 Å². The normalized spacial score (nSPS) is 20.7. The number of benzene rings is 3. The van der Waals surface area contributed by atoms with Gasteiger partial charge in [-0.15, -0.1) is 47.3 Å². The molecular weight excluding hydrogens is 1930 g/mol. The first kappa shape index (κ1) is 102. The Kier molecular flexibility index (Phi) is 38.9. The van der Waals surface area contributed by atoms with Crippen molar-refractivity contribution in [1.29, 1.82) is 15.8 Å². The number of aromatic nitrogens is 6. The molecule has 1 unspecified atom stereocenters. The second kappa shape index (κ2) is 48.1. The number of phenolic OH excluding ortho intramolecular Hbond substituents is 2. The largest absolute Gasteiger partial charge is 0.508 e. The molecule has 0 bridgehead atoms. The van der Waals surface area contributed by atoms with Gasteiger partial charge < -0.3 is 73.3 Å². The summed E-state index contributed by atoms with van der Waals surface area (Å²) in [4.78, 5) is 92.0. The van der Waals surface area contributed by atoms with Gasteiger partial charge >= 0.3 is 21.2 Å². The Hall–Kier alpha value is -7.93. The lowest BCUT2D eigenvalue weighted by Crippen LogP contribution is -2.56. The van der Waals surface area contributed by atoms with Crippen LogP contribution in [0.5, 0.6) is 35.3 Å². The first-order valence-corrected chi connectivity index (χ1v) is 46.2. The van der Waals surface area contributed by atoms with Gasteiger partial charge in [0.15, 0.2) is 0 Å². The van der Waals surface area contributed by atoms with Crippen molar-refractivity contribution in [2.24, 2.45) is 0 Å². The van der Waals surface area contributed by atoms with Crippen LogP contribution in [0.3, 0.4) is 0 Å². The van der Waals surface area contributed by atoms with Crippen LogP contribution in [0.2, 0.25) is 15.1 Å². The Balaban J connectivity index is 0.000000207. The molecule has 2 N–H and O–H groups in total. The molecule has 0 saturated carbocycles. The average Bonchev–Trinajstić information content (AvgIpc) is 1.64. The Morgan fingerprint density at radius 2 is 0.817 bits per heavy atom. The molecule has 9 aliphatic heterocycles. The molecule has 0 aliphatic carbocycles. The highest BCUT2D eigenvalue weighted by Crippen LogP contribution is 2.40. The third-order valence-corrected chi connectivity index (χ3v) is 25.5. The molecule has 6 aromatic rings. The highest BCUT2D eigenvalue weighted by molar-refractivity contribution is 9.69. The monoisotopic (exact) mass is 2040 g/mol. The predicted octanol–water partition coefficient (Wildman–Crippen LogP) is 13.8. The Labute approximate surface area is 790 Å². The SMILES string of the molecule is BrB(Br)Br.C.C.C.C=CC(=O)N1CCN(c2nc(OC[C@@H]3CCCN3C)nc3c2CN(Cc2cc(O)ccc2Cl)C3)C[C@@H]1CC#N.C=CC(=O)N1CCN(c2nc(OC[C@@H]3CCCN3C)nc3c2CN(Cc2cc(OC)ccc2Cl)C3)C[C@@H]1CC#N.CC(Br)C(=O)N1CCN(c2nc(OC[C@@H]3CCCN3C)nc3c2CN(Cc2cc(O)ccc2Cl)C3)C[C@@H]1CC#N. The van der Waals surface area contributed by atoms with E-state index >= 15 is 0 Å². The standard InChI is InChI=1S/C29H36ClN7O3.C28H35BrClN7O3.C28H34ClN7O3.3CH4.BBr3/c1-4-27(38)37-13-12-36(16-21(37)9-10-31)28-24-17-35(15-20-14-23(39-3)7-8-25(20)30)18-26(24)32-29(33-28)40-19-22-6-5-11-34(22)2;1-18(29)27(39)37-11-10-36(14-20(37)7-8-31)26-23-15-35(13-19-12-22(38)5-6-24(19)30)16-25(23)32-28(33-26)40-17-21-4-3-9-34(21)2;1-3-26(38)36-12-11-35(15-20(36)8-9-30)27-23-16-34(14-19-13-22(37)6-7-24(19)29)17-25(23)31-28(32-27)39-18-21-5-4-10-33(21)2;;;;2-1(3)4/h4,7-8,14,21-22H,1,5-6,9,11-13,15-19H2,2-3H3;5-6,12,18,20-21,38H,3-4,7,9-11,13-17H2,1-2H3;3,6-7,13,20-21,37H,1,4-5,8,10-12,14-18H2,2H3;3*1H4;/t21-,22-;18?,20-,21-;20-,21-;;;;/m000..../s1. The summed E-state index contributed by atoms with van der Waals surface area (Å²) in [6.07, 6.45) is 10.1. The summed E-state index contributed by atoms with van der Waals surface area (Å²) in [5, 5.41) is 50.3. The number of carbonyl (C=O) groups excluding carboxylic acids is 3. The molecule has 6 fully saturated rings. The maximum absolute atomic E-state index is 12.8. The lowest BCUT2D eigenvalue weighted by molar-refractivity contribution is -0.133. The van der Waals surface area contributed by atoms with Crippen molar-refractivity contribution in [3.63, 3.8) is 0 Å². The van der Waals surface area contributed by atoms with Crippen LogP contribution in [-0.2, 0) is 73.3 Å². The molecule has 3 aromatic heterocycles. The molecule has 0 radical (unpaired) electrons. The van der Waals surface area contributed by atoms with Crippen molar-refractivity contribution in [2.45, 2.75) is 187 Å². The summed E-state index contributed by atoms with van der Waals surface area (Å²) in [5.74, 6) is 3.19. The fourth-order valence-electron chi connectivity index (χ4n) is 17.4. The highest BCUT2D eigenvalue weighted by atomic mass is 79.9. The predicted molar refractivity (Wildman–Crippen MR) is 508 cm³/mol. The van der Waals surface area contributed by atoms with E-state index in [2.05, 4.69) is 160 Å². The van der Waals surface area contributed by atoms with Gasteiger partial charge in [0.25, 0.3) is 0 Å². The van der Waals surface area contributed by atoms with Gasteiger partial charge in [0.05, 0.1) is 84.6 Å². The first-order valence-electron chi connectivity index (χ1n) is 41.4. The summed E-state index contributed by atoms with van der Waals surface area (Å²) >= 11 is 32.1. The molecule has 3 aromatic carbocycles. The van der Waals surface area contributed by atoms with Gasteiger partial charge in [-0.1, -0.05) is 86.2 Å². The second-order valence-electron chi connectivity index (χ2n) is 32.2. The first-order chi connectivity index (χ1) is 59.2. The van der Waals surface area contributed by atoms with Crippen molar-refractivity contribution < 1.29 is 43.5 Å². The van der Waals surface area contributed by atoms with Crippen LogP contribution in [0.1, 0.15) is 137 Å². The molecule has 15 rings (SSSR count). The van der Waals surface area contributed by atoms with Crippen LogP contribution in [0.25, 0.3) is 0 Å². The van der Waals surface area contributed by atoms with Crippen LogP contribution in [0.15, 0.2) is 79.9 Å². The number of ether oxygens (including phenoxy) is 4. The van der Waals surface area contributed by atoms with Crippen LogP contribution < -0.4 is 33.6 Å². The molecule has 30 nitrogen and oxygen atoms in total. The number of methoxy groups -OCH3 is 1. The number of rotatable bonds is 25. The average molecular weight is 2050 g/mol. The number of piperazine rings is 3. The smallest absolute Gasteiger partial charge is 0.369 e. The molecular formula is C88H117BBr4Cl3N21O9. The summed E-state index contributed by atoms with van der Waals surface area (Å²) in [7, 11) is 7.99. The quantitative estimate of drug-likeness (QED) is 0.0305. The molecule has 12 heterocycles. The van der Waals surface area contributed by atoms with Gasteiger partial charge in [-0.2, -0.15) is 45.7 Å². The molecule has 0 spiro atoms. The number of likely N-dealkylation sites (tertiary alicyclic amines) is 3.